The Labute approximate surface area is 128 Å². The molecule has 0 amide bonds. The molecule has 1 aromatic carbocycles. The number of unbranched alkanes of at least 4 members (excludes halogenated alkanes) is 2. The molecular formula is C18H26O3. The molecule has 0 fully saturated rings. The van der Waals surface area contributed by atoms with Gasteiger partial charge < -0.3 is 9.47 Å². The van der Waals surface area contributed by atoms with E-state index in [0.29, 0.717) is 6.61 Å². The molecule has 0 spiro atoms. The van der Waals surface area contributed by atoms with Crippen LogP contribution in [0.15, 0.2) is 36.1 Å². The zero-order chi connectivity index (χ0) is 15.5. The van der Waals surface area contributed by atoms with Crippen LogP contribution in [-0.4, -0.2) is 19.7 Å². The van der Waals surface area contributed by atoms with Crippen LogP contribution in [0.1, 0.15) is 45.1 Å². The third-order valence-electron chi connectivity index (χ3n) is 3.18. The van der Waals surface area contributed by atoms with Crippen molar-refractivity contribution in [2.75, 3.05) is 13.7 Å². The van der Waals surface area contributed by atoms with E-state index in [4.69, 9.17) is 9.47 Å². The van der Waals surface area contributed by atoms with E-state index in [2.05, 4.69) is 13.8 Å². The van der Waals surface area contributed by atoms with Crippen LogP contribution in [0.2, 0.25) is 0 Å². The lowest BCUT2D eigenvalue weighted by atomic mass is 10.1. The summed E-state index contributed by atoms with van der Waals surface area (Å²) in [5.41, 5.74) is 0.920. The van der Waals surface area contributed by atoms with Crippen LogP contribution in [0.5, 0.6) is 0 Å². The molecule has 0 aromatic heterocycles. The Kier molecular flexibility index (Phi) is 8.25. The number of rotatable bonds is 9. The number of methoxy groups -OCH3 is 1. The average molecular weight is 290 g/mol. The summed E-state index contributed by atoms with van der Waals surface area (Å²) >= 11 is 0. The monoisotopic (exact) mass is 290 g/mol. The first-order valence-corrected chi connectivity index (χ1v) is 7.61. The number of hydrogen-bond acceptors (Lipinski definition) is 3. The summed E-state index contributed by atoms with van der Waals surface area (Å²) < 4.78 is 10.4. The molecule has 0 N–H and O–H groups in total. The van der Waals surface area contributed by atoms with Crippen molar-refractivity contribution in [1.82, 2.24) is 0 Å². The maximum absolute atomic E-state index is 11.9. The lowest BCUT2D eigenvalue weighted by Gasteiger charge is -2.08. The topological polar surface area (TPSA) is 35.5 Å². The van der Waals surface area contributed by atoms with E-state index in [-0.39, 0.29) is 5.76 Å². The van der Waals surface area contributed by atoms with Crippen LogP contribution in [-0.2, 0) is 14.3 Å². The maximum atomic E-state index is 11.9. The Bertz CT molecular complexity index is 435. The van der Waals surface area contributed by atoms with Crippen molar-refractivity contribution in [1.29, 1.82) is 0 Å². The predicted octanol–water partition coefficient (Wildman–Crippen LogP) is 4.43. The number of carbonyl (C=O) groups is 1. The second-order valence-corrected chi connectivity index (χ2v) is 5.50. The van der Waals surface area contributed by atoms with E-state index in [0.717, 1.165) is 24.3 Å². The first-order chi connectivity index (χ1) is 10.1. The van der Waals surface area contributed by atoms with E-state index in [1.165, 1.54) is 20.0 Å². The molecule has 21 heavy (non-hydrogen) atoms. The summed E-state index contributed by atoms with van der Waals surface area (Å²) in [6.07, 6.45) is 6.11. The van der Waals surface area contributed by atoms with Gasteiger partial charge in [-0.3, -0.25) is 0 Å². The first-order valence-electron chi connectivity index (χ1n) is 7.61. The van der Waals surface area contributed by atoms with Crippen molar-refractivity contribution in [2.24, 2.45) is 5.92 Å². The predicted molar refractivity (Wildman–Crippen MR) is 85.7 cm³/mol. The molecule has 0 heterocycles. The molecule has 3 heteroatoms. The smallest absolute Gasteiger partial charge is 0.373 e. The fraction of sp³-hybridized carbons (Fsp3) is 0.500. The fourth-order valence-electron chi connectivity index (χ4n) is 1.97. The minimum Gasteiger partial charge on any atom is -0.490 e. The number of carbonyl (C=O) groups excluding carboxylic acids is 1. The molecule has 0 unspecified atom stereocenters. The summed E-state index contributed by atoms with van der Waals surface area (Å²) in [4.78, 5) is 11.9. The Morgan fingerprint density at radius 3 is 2.48 bits per heavy atom. The van der Waals surface area contributed by atoms with Gasteiger partial charge in [0.05, 0.1) is 13.7 Å². The molecule has 0 aliphatic carbocycles. The van der Waals surface area contributed by atoms with Crippen molar-refractivity contribution in [2.45, 2.75) is 39.5 Å². The number of hydrogen-bond donors (Lipinski definition) is 0. The molecule has 1 rings (SSSR count). The Morgan fingerprint density at radius 1 is 1.14 bits per heavy atom. The minimum atomic E-state index is -0.398. The molecular weight excluding hydrogens is 264 g/mol. The Morgan fingerprint density at radius 2 is 1.86 bits per heavy atom. The lowest BCUT2D eigenvalue weighted by Crippen LogP contribution is -2.10. The van der Waals surface area contributed by atoms with Gasteiger partial charge in [0.15, 0.2) is 0 Å². The highest BCUT2D eigenvalue weighted by atomic mass is 16.6. The molecule has 0 radical (unpaired) electrons. The quantitative estimate of drug-likeness (QED) is 0.292. The minimum absolute atomic E-state index is 0.239. The first kappa shape index (κ1) is 17.3. The maximum Gasteiger partial charge on any atom is 0.373 e. The molecule has 0 bridgehead atoms. The fourth-order valence-corrected chi connectivity index (χ4v) is 1.97. The molecule has 3 nitrogen and oxygen atoms in total. The Hall–Kier alpha value is -1.77. The van der Waals surface area contributed by atoms with Gasteiger partial charge in [-0.1, -0.05) is 63.4 Å². The standard InChI is InChI=1S/C18H26O3/c1-15(2)10-6-5-9-13-21-18(19)17(20-3)14-16-11-7-4-8-12-16/h4,7-8,11-12,14-15H,5-6,9-10,13H2,1-3H3. The van der Waals surface area contributed by atoms with E-state index >= 15 is 0 Å². The molecule has 0 saturated heterocycles. The van der Waals surface area contributed by atoms with Gasteiger partial charge in [0, 0.05) is 0 Å². The van der Waals surface area contributed by atoms with Gasteiger partial charge in [-0.15, -0.1) is 0 Å². The molecule has 0 aliphatic rings. The highest BCUT2D eigenvalue weighted by Gasteiger charge is 2.11. The van der Waals surface area contributed by atoms with Gasteiger partial charge in [0.25, 0.3) is 0 Å². The highest BCUT2D eigenvalue weighted by Crippen LogP contribution is 2.11. The van der Waals surface area contributed by atoms with Gasteiger partial charge in [0.2, 0.25) is 5.76 Å². The third-order valence-corrected chi connectivity index (χ3v) is 3.18. The number of esters is 1. The van der Waals surface area contributed by atoms with Crippen LogP contribution >= 0.6 is 0 Å². The van der Waals surface area contributed by atoms with Crippen molar-refractivity contribution in [3.8, 4) is 0 Å². The summed E-state index contributed by atoms with van der Waals surface area (Å²) in [5, 5.41) is 0. The van der Waals surface area contributed by atoms with E-state index < -0.39 is 5.97 Å². The van der Waals surface area contributed by atoms with Crippen LogP contribution in [0.3, 0.4) is 0 Å². The van der Waals surface area contributed by atoms with Crippen LogP contribution in [0.4, 0.5) is 0 Å². The summed E-state index contributed by atoms with van der Waals surface area (Å²) in [6.45, 7) is 4.89. The molecule has 0 atom stereocenters. The van der Waals surface area contributed by atoms with Gasteiger partial charge in [0.1, 0.15) is 0 Å². The number of ether oxygens (including phenoxy) is 2. The normalized spacial score (nSPS) is 11.5. The third kappa shape index (κ3) is 7.54. The second-order valence-electron chi connectivity index (χ2n) is 5.50. The van der Waals surface area contributed by atoms with Crippen molar-refractivity contribution >= 4 is 12.0 Å². The van der Waals surface area contributed by atoms with Crippen LogP contribution in [0.25, 0.3) is 6.08 Å². The zero-order valence-corrected chi connectivity index (χ0v) is 13.3. The van der Waals surface area contributed by atoms with Crippen LogP contribution < -0.4 is 0 Å². The van der Waals surface area contributed by atoms with Crippen molar-refractivity contribution in [3.63, 3.8) is 0 Å². The van der Waals surface area contributed by atoms with Gasteiger partial charge >= 0.3 is 5.97 Å². The molecule has 0 aliphatic heterocycles. The highest BCUT2D eigenvalue weighted by molar-refractivity contribution is 5.91. The summed E-state index contributed by atoms with van der Waals surface area (Å²) in [6, 6.07) is 9.59. The van der Waals surface area contributed by atoms with Gasteiger partial charge in [-0.25, -0.2) is 4.79 Å². The largest absolute Gasteiger partial charge is 0.490 e. The molecule has 0 saturated carbocycles. The summed E-state index contributed by atoms with van der Waals surface area (Å²) in [7, 11) is 1.48. The molecule has 1 aromatic rings. The van der Waals surface area contributed by atoms with Crippen molar-refractivity contribution < 1.29 is 14.3 Å². The SMILES string of the molecule is COC(=Cc1ccccc1)C(=O)OCCCCCC(C)C. The second kappa shape index (κ2) is 10.0. The molecule has 116 valence electrons. The van der Waals surface area contributed by atoms with Crippen molar-refractivity contribution in [3.05, 3.63) is 41.7 Å². The zero-order valence-electron chi connectivity index (χ0n) is 13.3. The van der Waals surface area contributed by atoms with Gasteiger partial charge in [-0.05, 0) is 24.0 Å². The van der Waals surface area contributed by atoms with Gasteiger partial charge in [-0.2, -0.15) is 0 Å². The van der Waals surface area contributed by atoms with E-state index in [1.54, 1.807) is 6.08 Å². The van der Waals surface area contributed by atoms with E-state index in [9.17, 15) is 4.79 Å². The Balaban J connectivity index is 2.34. The average Bonchev–Trinajstić information content (AvgIpc) is 2.48. The van der Waals surface area contributed by atoms with E-state index in [1.807, 2.05) is 30.3 Å². The number of benzene rings is 1. The summed E-state index contributed by atoms with van der Waals surface area (Å²) in [5.74, 6) is 0.579. The lowest BCUT2D eigenvalue weighted by molar-refractivity contribution is -0.142. The van der Waals surface area contributed by atoms with Crippen LogP contribution in [0, 0.1) is 5.92 Å².